The number of esters is 1. The first-order valence-electron chi connectivity index (χ1n) is 7.40. The molecule has 0 saturated heterocycles. The Morgan fingerprint density at radius 1 is 1.24 bits per heavy atom. The molecule has 3 amide bonds. The van der Waals surface area contributed by atoms with Crippen LogP contribution in [0, 0.1) is 5.92 Å². The lowest BCUT2D eigenvalue weighted by atomic mass is 10.2. The van der Waals surface area contributed by atoms with Gasteiger partial charge in [-0.1, -0.05) is 43.1 Å². The van der Waals surface area contributed by atoms with Crippen LogP contribution in [0.1, 0.15) is 23.5 Å². The number of halogens is 2. The Balaban J connectivity index is 1.93. The van der Waals surface area contributed by atoms with Gasteiger partial charge >= 0.3 is 12.0 Å². The standard InChI is InChI=1S/C16H16Cl2N2O4S/c1-8(2)6-19-16(23)20-12(21)7-24-15(22)14-13(18)10-4-3-9(17)5-11(10)25-14/h3-5,8H,6-7H2,1-2H3,(H2,19,20,21,23). The molecular formula is C16H16Cl2N2O4S. The van der Waals surface area contributed by atoms with E-state index >= 15 is 0 Å². The van der Waals surface area contributed by atoms with Gasteiger partial charge in [0.1, 0.15) is 4.88 Å². The van der Waals surface area contributed by atoms with Crippen LogP contribution in [0.3, 0.4) is 0 Å². The average molecular weight is 403 g/mol. The largest absolute Gasteiger partial charge is 0.451 e. The first kappa shape index (κ1) is 19.5. The van der Waals surface area contributed by atoms with E-state index in [1.54, 1.807) is 18.2 Å². The molecule has 0 atom stereocenters. The second kappa shape index (κ2) is 8.51. The number of ether oxygens (including phenoxy) is 1. The first-order chi connectivity index (χ1) is 11.8. The molecule has 2 aromatic rings. The SMILES string of the molecule is CC(C)CNC(=O)NC(=O)COC(=O)c1sc2cc(Cl)ccc2c1Cl. The van der Waals surface area contributed by atoms with Gasteiger partial charge in [-0.2, -0.15) is 0 Å². The number of fused-ring (bicyclic) bond motifs is 1. The summed E-state index contributed by atoms with van der Waals surface area (Å²) in [4.78, 5) is 35.4. The molecule has 0 aliphatic rings. The minimum absolute atomic E-state index is 0.177. The van der Waals surface area contributed by atoms with E-state index in [0.717, 1.165) is 16.0 Å². The molecule has 9 heteroatoms. The summed E-state index contributed by atoms with van der Waals surface area (Å²) in [7, 11) is 0. The van der Waals surface area contributed by atoms with Crippen molar-refractivity contribution in [3.05, 3.63) is 33.1 Å². The van der Waals surface area contributed by atoms with E-state index in [1.165, 1.54) is 0 Å². The molecular weight excluding hydrogens is 387 g/mol. The maximum atomic E-state index is 12.1. The normalized spacial score (nSPS) is 10.8. The third-order valence-electron chi connectivity index (χ3n) is 3.04. The van der Waals surface area contributed by atoms with Gasteiger partial charge in [-0.25, -0.2) is 9.59 Å². The van der Waals surface area contributed by atoms with E-state index in [1.807, 2.05) is 13.8 Å². The van der Waals surface area contributed by atoms with E-state index in [2.05, 4.69) is 10.6 Å². The third-order valence-corrected chi connectivity index (χ3v) is 4.91. The van der Waals surface area contributed by atoms with Crippen molar-refractivity contribution in [2.75, 3.05) is 13.2 Å². The van der Waals surface area contributed by atoms with Crippen LogP contribution in [0.15, 0.2) is 18.2 Å². The fourth-order valence-corrected chi connectivity index (χ4v) is 3.55. The van der Waals surface area contributed by atoms with E-state index in [0.29, 0.717) is 17.0 Å². The zero-order valence-corrected chi connectivity index (χ0v) is 15.8. The lowest BCUT2D eigenvalue weighted by Crippen LogP contribution is -2.42. The molecule has 6 nitrogen and oxygen atoms in total. The number of carbonyl (C=O) groups excluding carboxylic acids is 3. The van der Waals surface area contributed by atoms with Gasteiger partial charge in [0.2, 0.25) is 0 Å². The van der Waals surface area contributed by atoms with Crippen LogP contribution in [0.2, 0.25) is 10.0 Å². The Kier molecular flexibility index (Phi) is 6.64. The van der Waals surface area contributed by atoms with Crippen LogP contribution in [0.4, 0.5) is 4.79 Å². The van der Waals surface area contributed by atoms with Crippen molar-refractivity contribution in [3.63, 3.8) is 0 Å². The van der Waals surface area contributed by atoms with Gasteiger partial charge < -0.3 is 10.1 Å². The molecule has 1 aromatic heterocycles. The predicted octanol–water partition coefficient (Wildman–Crippen LogP) is 3.85. The Labute approximate surface area is 158 Å². The molecule has 1 aromatic carbocycles. The van der Waals surface area contributed by atoms with Crippen LogP contribution in [-0.2, 0) is 9.53 Å². The first-order valence-corrected chi connectivity index (χ1v) is 8.97. The summed E-state index contributed by atoms with van der Waals surface area (Å²) in [6.45, 7) is 3.69. The summed E-state index contributed by atoms with van der Waals surface area (Å²) in [5.41, 5.74) is 0. The summed E-state index contributed by atoms with van der Waals surface area (Å²) in [5, 5.41) is 6.05. The summed E-state index contributed by atoms with van der Waals surface area (Å²) >= 11 is 13.2. The predicted molar refractivity (Wildman–Crippen MR) is 98.5 cm³/mol. The number of nitrogens with one attached hydrogen (secondary N) is 2. The van der Waals surface area contributed by atoms with Gasteiger partial charge in [-0.05, 0) is 18.1 Å². The van der Waals surface area contributed by atoms with Gasteiger partial charge in [0, 0.05) is 21.7 Å². The van der Waals surface area contributed by atoms with E-state index in [9.17, 15) is 14.4 Å². The Hall–Kier alpha value is -1.83. The zero-order chi connectivity index (χ0) is 18.6. The molecule has 0 aliphatic heterocycles. The number of thiophene rings is 1. The highest BCUT2D eigenvalue weighted by molar-refractivity contribution is 7.21. The highest BCUT2D eigenvalue weighted by atomic mass is 35.5. The summed E-state index contributed by atoms with van der Waals surface area (Å²) < 4.78 is 5.66. The molecule has 0 radical (unpaired) electrons. The molecule has 1 heterocycles. The van der Waals surface area contributed by atoms with Crippen LogP contribution >= 0.6 is 34.5 Å². The van der Waals surface area contributed by atoms with E-state index in [4.69, 9.17) is 27.9 Å². The molecule has 0 fully saturated rings. The lowest BCUT2D eigenvalue weighted by Gasteiger charge is -2.08. The van der Waals surface area contributed by atoms with Crippen molar-refractivity contribution >= 4 is 62.5 Å². The second-order valence-corrected chi connectivity index (χ2v) is 7.48. The Morgan fingerprint density at radius 2 is 1.96 bits per heavy atom. The fraction of sp³-hybridized carbons (Fsp3) is 0.312. The van der Waals surface area contributed by atoms with Crippen LogP contribution in [0.5, 0.6) is 0 Å². The number of hydrogen-bond donors (Lipinski definition) is 2. The number of benzene rings is 1. The average Bonchev–Trinajstić information content (AvgIpc) is 2.87. The van der Waals surface area contributed by atoms with Gasteiger partial charge in [-0.15, -0.1) is 11.3 Å². The third kappa shape index (κ3) is 5.32. The van der Waals surface area contributed by atoms with Gasteiger partial charge in [0.05, 0.1) is 5.02 Å². The fourth-order valence-electron chi connectivity index (χ4n) is 1.87. The smallest absolute Gasteiger partial charge is 0.350 e. The van der Waals surface area contributed by atoms with Gasteiger partial charge in [0.25, 0.3) is 5.91 Å². The number of hydrogen-bond acceptors (Lipinski definition) is 5. The number of rotatable bonds is 5. The molecule has 0 bridgehead atoms. The molecule has 0 aliphatic carbocycles. The van der Waals surface area contributed by atoms with E-state index in [-0.39, 0.29) is 15.8 Å². The molecule has 2 N–H and O–H groups in total. The van der Waals surface area contributed by atoms with Crippen molar-refractivity contribution in [1.82, 2.24) is 10.6 Å². The molecule has 2 rings (SSSR count). The monoisotopic (exact) mass is 402 g/mol. The van der Waals surface area contributed by atoms with Crippen molar-refractivity contribution in [2.24, 2.45) is 5.92 Å². The van der Waals surface area contributed by atoms with Crippen LogP contribution < -0.4 is 10.6 Å². The number of amides is 3. The Morgan fingerprint density at radius 3 is 2.64 bits per heavy atom. The summed E-state index contributed by atoms with van der Waals surface area (Å²) in [5.74, 6) is -1.21. The Bertz CT molecular complexity index is 820. The molecule has 0 saturated carbocycles. The summed E-state index contributed by atoms with van der Waals surface area (Å²) in [6.07, 6.45) is 0. The minimum atomic E-state index is -0.736. The highest BCUT2D eigenvalue weighted by Gasteiger charge is 2.20. The van der Waals surface area contributed by atoms with Crippen molar-refractivity contribution in [1.29, 1.82) is 0 Å². The van der Waals surface area contributed by atoms with Crippen molar-refractivity contribution in [3.8, 4) is 0 Å². The maximum Gasteiger partial charge on any atom is 0.350 e. The second-order valence-electron chi connectivity index (χ2n) is 5.61. The molecule has 0 unspecified atom stereocenters. The number of urea groups is 1. The van der Waals surface area contributed by atoms with Crippen LogP contribution in [-0.4, -0.2) is 31.1 Å². The molecule has 134 valence electrons. The number of carbonyl (C=O) groups is 3. The van der Waals surface area contributed by atoms with E-state index < -0.39 is 24.5 Å². The van der Waals surface area contributed by atoms with Crippen molar-refractivity contribution in [2.45, 2.75) is 13.8 Å². The number of imide groups is 1. The van der Waals surface area contributed by atoms with Crippen molar-refractivity contribution < 1.29 is 19.1 Å². The topological polar surface area (TPSA) is 84.5 Å². The molecule has 25 heavy (non-hydrogen) atoms. The zero-order valence-electron chi connectivity index (χ0n) is 13.5. The lowest BCUT2D eigenvalue weighted by molar-refractivity contribution is -0.123. The van der Waals surface area contributed by atoms with Gasteiger partial charge in [-0.3, -0.25) is 10.1 Å². The minimum Gasteiger partial charge on any atom is -0.451 e. The molecule has 0 spiro atoms. The van der Waals surface area contributed by atoms with Gasteiger partial charge in [0.15, 0.2) is 6.61 Å². The highest BCUT2D eigenvalue weighted by Crippen LogP contribution is 2.37. The quantitative estimate of drug-likeness (QED) is 0.743. The maximum absolute atomic E-state index is 12.1. The summed E-state index contributed by atoms with van der Waals surface area (Å²) in [6, 6.07) is 4.43. The van der Waals surface area contributed by atoms with Crippen LogP contribution in [0.25, 0.3) is 10.1 Å².